The minimum atomic E-state index is -0.546. The van der Waals surface area contributed by atoms with Crippen molar-refractivity contribution in [3.8, 4) is 0 Å². The van der Waals surface area contributed by atoms with Crippen molar-refractivity contribution in [2.75, 3.05) is 0 Å². The zero-order chi connectivity index (χ0) is 31.9. The van der Waals surface area contributed by atoms with Gasteiger partial charge in [-0.15, -0.1) is 0 Å². The summed E-state index contributed by atoms with van der Waals surface area (Å²) in [4.78, 5) is 50.9. The number of nitrogens with one attached hydrogen (secondary N) is 1. The summed E-state index contributed by atoms with van der Waals surface area (Å²) in [5, 5.41) is 15.1. The zero-order valence-electron chi connectivity index (χ0n) is 26.0. The number of para-hydroxylation sites is 1. The molecule has 0 spiro atoms. The highest BCUT2D eigenvalue weighted by atomic mass is 16.6. The van der Waals surface area contributed by atoms with Crippen molar-refractivity contribution >= 4 is 56.4 Å². The molecule has 0 saturated carbocycles. The summed E-state index contributed by atoms with van der Waals surface area (Å²) in [5.41, 5.74) is 2.54. The number of benzene rings is 2. The molecule has 9 heteroatoms. The van der Waals surface area contributed by atoms with Crippen LogP contribution < -0.4 is 5.32 Å². The summed E-state index contributed by atoms with van der Waals surface area (Å²) >= 11 is 0. The van der Waals surface area contributed by atoms with Crippen molar-refractivity contribution in [1.29, 1.82) is 0 Å². The van der Waals surface area contributed by atoms with Gasteiger partial charge in [0.05, 0.1) is 27.1 Å². The van der Waals surface area contributed by atoms with Crippen LogP contribution in [0.15, 0.2) is 67.0 Å². The van der Waals surface area contributed by atoms with Crippen LogP contribution in [0.1, 0.15) is 93.5 Å². The SMILES string of the molecule is CCCCCC/C=C\CCCCCCC(=O)n1cc(C2=C(c3cn(C)c4cc([N+](=O)[O-])ccc34)C(=O)NC2=O)c2ccccc21. The molecule has 2 amide bonds. The predicted octanol–water partition coefficient (Wildman–Crippen LogP) is 8.12. The van der Waals surface area contributed by atoms with Gasteiger partial charge in [0.2, 0.25) is 5.91 Å². The van der Waals surface area contributed by atoms with Crippen LogP contribution in [0.3, 0.4) is 0 Å². The van der Waals surface area contributed by atoms with Crippen LogP contribution >= 0.6 is 0 Å². The molecule has 1 N–H and O–H groups in total. The Morgan fingerprint density at radius 2 is 1.44 bits per heavy atom. The lowest BCUT2D eigenvalue weighted by Gasteiger charge is -2.04. The van der Waals surface area contributed by atoms with E-state index in [1.165, 1.54) is 37.8 Å². The first kappa shape index (κ1) is 31.6. The average Bonchev–Trinajstić information content (AvgIpc) is 3.66. The number of carbonyl (C=O) groups excluding carboxylic acids is 3. The fourth-order valence-electron chi connectivity index (χ4n) is 6.18. The molecule has 4 aromatic rings. The van der Waals surface area contributed by atoms with Crippen LogP contribution in [0, 0.1) is 10.1 Å². The number of nitro benzene ring substituents is 1. The van der Waals surface area contributed by atoms with Crippen LogP contribution in [0.4, 0.5) is 5.69 Å². The lowest BCUT2D eigenvalue weighted by Crippen LogP contribution is -2.22. The molecule has 9 nitrogen and oxygen atoms in total. The molecule has 5 rings (SSSR count). The summed E-state index contributed by atoms with van der Waals surface area (Å²) in [6.07, 6.45) is 19.6. The Kier molecular flexibility index (Phi) is 10.1. The van der Waals surface area contributed by atoms with Gasteiger partial charge in [-0.1, -0.05) is 69.4 Å². The molecule has 2 aromatic heterocycles. The third-order valence-electron chi connectivity index (χ3n) is 8.54. The highest BCUT2D eigenvalue weighted by molar-refractivity contribution is 6.50. The van der Waals surface area contributed by atoms with Crippen molar-refractivity contribution in [1.82, 2.24) is 14.5 Å². The molecule has 3 heterocycles. The third-order valence-corrected chi connectivity index (χ3v) is 8.54. The Morgan fingerprint density at radius 1 is 0.822 bits per heavy atom. The lowest BCUT2D eigenvalue weighted by atomic mass is 9.95. The molecular formula is C36H40N4O5. The van der Waals surface area contributed by atoms with Crippen molar-refractivity contribution in [2.24, 2.45) is 7.05 Å². The first-order valence-corrected chi connectivity index (χ1v) is 15.9. The number of imide groups is 1. The van der Waals surface area contributed by atoms with Gasteiger partial charge in [0.1, 0.15) is 0 Å². The number of carbonyl (C=O) groups is 3. The van der Waals surface area contributed by atoms with E-state index in [2.05, 4.69) is 24.4 Å². The Morgan fingerprint density at radius 3 is 2.13 bits per heavy atom. The van der Waals surface area contributed by atoms with Crippen LogP contribution in [0.25, 0.3) is 33.0 Å². The van der Waals surface area contributed by atoms with Crippen LogP contribution in [0.5, 0.6) is 0 Å². The number of hydrogen-bond donors (Lipinski definition) is 1. The molecule has 234 valence electrons. The minimum Gasteiger partial charge on any atom is -0.350 e. The number of amides is 2. The molecule has 0 saturated heterocycles. The summed E-state index contributed by atoms with van der Waals surface area (Å²) in [5.74, 6) is -1.15. The summed E-state index contributed by atoms with van der Waals surface area (Å²) < 4.78 is 3.30. The number of aromatic nitrogens is 2. The first-order chi connectivity index (χ1) is 21.8. The molecule has 1 aliphatic heterocycles. The molecule has 0 radical (unpaired) electrons. The monoisotopic (exact) mass is 608 g/mol. The van der Waals surface area contributed by atoms with Crippen LogP contribution in [-0.4, -0.2) is 31.8 Å². The Labute approximate surface area is 262 Å². The molecule has 0 aliphatic carbocycles. The molecule has 0 bridgehead atoms. The summed E-state index contributed by atoms with van der Waals surface area (Å²) in [6, 6.07) is 11.8. The van der Waals surface area contributed by atoms with Gasteiger partial charge in [-0.25, -0.2) is 0 Å². The topological polar surface area (TPSA) is 116 Å². The number of fused-ring (bicyclic) bond motifs is 2. The van der Waals surface area contributed by atoms with E-state index in [0.717, 1.165) is 38.5 Å². The number of nitro groups is 1. The van der Waals surface area contributed by atoms with E-state index < -0.39 is 16.7 Å². The molecule has 0 unspecified atom stereocenters. The Bertz CT molecular complexity index is 1820. The number of allylic oxidation sites excluding steroid dienone is 2. The third kappa shape index (κ3) is 6.82. The fraction of sp³-hybridized carbons (Fsp3) is 0.361. The standard InChI is InChI=1S/C36H40N4O5/c1-3-4-5-6-7-8-9-10-11-12-13-14-19-32(41)39-24-29(26-17-15-16-18-30(26)39)34-33(35(42)37-36(34)43)28-23-38(2)31-22-25(40(44)45)20-21-27(28)31/h8-9,15-18,20-24H,3-7,10-14,19H2,1-2H3,(H,37,42,43)/b9-8-. The predicted molar refractivity (Wildman–Crippen MR) is 178 cm³/mol. The number of non-ortho nitro benzene ring substituents is 1. The van der Waals surface area contributed by atoms with Gasteiger partial charge in [0.25, 0.3) is 17.5 Å². The second-order valence-electron chi connectivity index (χ2n) is 11.7. The number of nitrogens with zero attached hydrogens (tertiary/aromatic N) is 3. The summed E-state index contributed by atoms with van der Waals surface area (Å²) in [7, 11) is 1.74. The quantitative estimate of drug-likeness (QED) is 0.0481. The lowest BCUT2D eigenvalue weighted by molar-refractivity contribution is -0.384. The largest absolute Gasteiger partial charge is 0.350 e. The minimum absolute atomic E-state index is 0.0613. The maximum Gasteiger partial charge on any atom is 0.271 e. The van der Waals surface area contributed by atoms with E-state index in [4.69, 9.17) is 0 Å². The van der Waals surface area contributed by atoms with Gasteiger partial charge in [0, 0.05) is 59.9 Å². The normalized spacial score (nSPS) is 13.6. The number of unbranched alkanes of at least 4 members (excludes halogenated alkanes) is 8. The van der Waals surface area contributed by atoms with Gasteiger partial charge < -0.3 is 4.57 Å². The molecule has 2 aromatic carbocycles. The highest BCUT2D eigenvalue weighted by Gasteiger charge is 2.35. The van der Waals surface area contributed by atoms with E-state index in [9.17, 15) is 24.5 Å². The van der Waals surface area contributed by atoms with E-state index >= 15 is 0 Å². The van der Waals surface area contributed by atoms with Gasteiger partial charge in [-0.3, -0.25) is 34.4 Å². The van der Waals surface area contributed by atoms with Crippen molar-refractivity contribution in [3.05, 3.63) is 88.3 Å². The number of aryl methyl sites for hydroxylation is 1. The van der Waals surface area contributed by atoms with Gasteiger partial charge in [0.15, 0.2) is 0 Å². The smallest absolute Gasteiger partial charge is 0.271 e. The Balaban J connectivity index is 1.35. The van der Waals surface area contributed by atoms with Gasteiger partial charge >= 0.3 is 0 Å². The van der Waals surface area contributed by atoms with Crippen LogP contribution in [0.2, 0.25) is 0 Å². The zero-order valence-corrected chi connectivity index (χ0v) is 26.0. The number of rotatable bonds is 15. The van der Waals surface area contributed by atoms with Gasteiger partial charge in [-0.05, 0) is 44.2 Å². The van der Waals surface area contributed by atoms with Crippen LogP contribution in [-0.2, 0) is 16.6 Å². The van der Waals surface area contributed by atoms with Crippen molar-refractivity contribution < 1.29 is 19.3 Å². The second-order valence-corrected chi connectivity index (χ2v) is 11.7. The van der Waals surface area contributed by atoms with Crippen molar-refractivity contribution in [2.45, 2.75) is 77.6 Å². The maximum atomic E-state index is 13.4. The number of hydrogen-bond acceptors (Lipinski definition) is 5. The maximum absolute atomic E-state index is 13.4. The van der Waals surface area contributed by atoms with E-state index in [1.807, 2.05) is 24.3 Å². The van der Waals surface area contributed by atoms with E-state index in [0.29, 0.717) is 39.4 Å². The van der Waals surface area contributed by atoms with E-state index in [1.54, 1.807) is 34.6 Å². The average molecular weight is 609 g/mol. The highest BCUT2D eigenvalue weighted by Crippen LogP contribution is 2.39. The summed E-state index contributed by atoms with van der Waals surface area (Å²) in [6.45, 7) is 2.22. The van der Waals surface area contributed by atoms with E-state index in [-0.39, 0.29) is 22.7 Å². The molecule has 1 aliphatic rings. The molecular weight excluding hydrogens is 568 g/mol. The first-order valence-electron chi connectivity index (χ1n) is 15.9. The fourth-order valence-corrected chi connectivity index (χ4v) is 6.18. The molecule has 45 heavy (non-hydrogen) atoms. The van der Waals surface area contributed by atoms with Gasteiger partial charge in [-0.2, -0.15) is 0 Å². The molecule has 0 fully saturated rings. The second kappa shape index (κ2) is 14.3. The Hall–Kier alpha value is -4.79. The molecule has 0 atom stereocenters. The van der Waals surface area contributed by atoms with Crippen molar-refractivity contribution in [3.63, 3.8) is 0 Å².